The molecule has 1 aromatic heterocycles. The molecule has 1 N–H and O–H groups in total. The highest BCUT2D eigenvalue weighted by molar-refractivity contribution is 7.99. The number of ether oxygens (including phenoxy) is 1. The Morgan fingerprint density at radius 1 is 1.33 bits per heavy atom. The number of alkyl halides is 3. The molecule has 2 aromatic rings. The zero-order valence-corrected chi connectivity index (χ0v) is 13.5. The molecule has 0 spiro atoms. The maximum Gasteiger partial charge on any atom is 0.416 e. The van der Waals surface area contributed by atoms with Gasteiger partial charge < -0.3 is 14.6 Å². The van der Waals surface area contributed by atoms with E-state index in [4.69, 9.17) is 4.74 Å². The van der Waals surface area contributed by atoms with Crippen LogP contribution in [-0.2, 0) is 22.3 Å². The van der Waals surface area contributed by atoms with Gasteiger partial charge in [-0.1, -0.05) is 11.8 Å². The highest BCUT2D eigenvalue weighted by Crippen LogP contribution is 2.29. The molecule has 0 aliphatic carbocycles. The Bertz CT molecular complexity index is 673. The number of aromatic nitrogens is 3. The van der Waals surface area contributed by atoms with Gasteiger partial charge in [-0.05, 0) is 24.3 Å². The highest BCUT2D eigenvalue weighted by atomic mass is 32.2. The van der Waals surface area contributed by atoms with Crippen LogP contribution in [0.1, 0.15) is 5.56 Å². The lowest BCUT2D eigenvalue weighted by Crippen LogP contribution is -2.15. The van der Waals surface area contributed by atoms with Crippen molar-refractivity contribution in [2.45, 2.75) is 17.9 Å². The SMILES string of the molecule is COCCn1cnnc1SCC(=O)Nc1ccc(C(F)(F)F)cc1. The molecular formula is C14H15F3N4O2S. The van der Waals surface area contributed by atoms with E-state index in [1.807, 2.05) is 0 Å². The molecule has 6 nitrogen and oxygen atoms in total. The lowest BCUT2D eigenvalue weighted by Gasteiger charge is -2.09. The van der Waals surface area contributed by atoms with Crippen molar-refractivity contribution in [3.05, 3.63) is 36.2 Å². The Balaban J connectivity index is 1.86. The number of nitrogens with zero attached hydrogens (tertiary/aromatic N) is 3. The summed E-state index contributed by atoms with van der Waals surface area (Å²) in [5.41, 5.74) is -0.462. The zero-order chi connectivity index (χ0) is 17.6. The average molecular weight is 360 g/mol. The Morgan fingerprint density at radius 2 is 2.04 bits per heavy atom. The first-order chi connectivity index (χ1) is 11.4. The van der Waals surface area contributed by atoms with Crippen LogP contribution in [0, 0.1) is 0 Å². The molecule has 10 heteroatoms. The molecule has 24 heavy (non-hydrogen) atoms. The molecular weight excluding hydrogens is 345 g/mol. The minimum Gasteiger partial charge on any atom is -0.383 e. The van der Waals surface area contributed by atoms with Crippen LogP contribution in [0.4, 0.5) is 18.9 Å². The smallest absolute Gasteiger partial charge is 0.383 e. The summed E-state index contributed by atoms with van der Waals surface area (Å²) in [6.07, 6.45) is -2.86. The summed E-state index contributed by atoms with van der Waals surface area (Å²) in [4.78, 5) is 11.9. The second kappa shape index (κ2) is 8.15. The van der Waals surface area contributed by atoms with Gasteiger partial charge in [0.2, 0.25) is 5.91 Å². The first kappa shape index (κ1) is 18.3. The predicted octanol–water partition coefficient (Wildman–Crippen LogP) is 2.67. The van der Waals surface area contributed by atoms with Crippen molar-refractivity contribution in [2.24, 2.45) is 0 Å². The van der Waals surface area contributed by atoms with Crippen molar-refractivity contribution in [2.75, 3.05) is 24.8 Å². The summed E-state index contributed by atoms with van der Waals surface area (Å²) >= 11 is 1.18. The van der Waals surface area contributed by atoms with Crippen molar-refractivity contribution in [3.63, 3.8) is 0 Å². The fraction of sp³-hybridized carbons (Fsp3) is 0.357. The third-order valence-electron chi connectivity index (χ3n) is 2.94. The van der Waals surface area contributed by atoms with E-state index in [1.54, 1.807) is 11.7 Å². The molecule has 0 atom stereocenters. The fourth-order valence-electron chi connectivity index (χ4n) is 1.77. The van der Waals surface area contributed by atoms with Gasteiger partial charge in [-0.25, -0.2) is 0 Å². The van der Waals surface area contributed by atoms with E-state index < -0.39 is 11.7 Å². The van der Waals surface area contributed by atoms with Gasteiger partial charge in [-0.15, -0.1) is 10.2 Å². The van der Waals surface area contributed by atoms with Gasteiger partial charge in [0.05, 0.1) is 17.9 Å². The molecule has 0 aliphatic heterocycles. The molecule has 1 amide bonds. The van der Waals surface area contributed by atoms with Crippen molar-refractivity contribution in [3.8, 4) is 0 Å². The minimum atomic E-state index is -4.40. The van der Waals surface area contributed by atoms with Crippen LogP contribution >= 0.6 is 11.8 Å². The normalized spacial score (nSPS) is 11.5. The summed E-state index contributed by atoms with van der Waals surface area (Å²) in [7, 11) is 1.58. The number of halogens is 3. The largest absolute Gasteiger partial charge is 0.416 e. The topological polar surface area (TPSA) is 69.0 Å². The molecule has 1 aromatic carbocycles. The number of amides is 1. The molecule has 0 saturated heterocycles. The van der Waals surface area contributed by atoms with Crippen LogP contribution in [0.5, 0.6) is 0 Å². The average Bonchev–Trinajstić information content (AvgIpc) is 2.98. The Morgan fingerprint density at radius 3 is 2.67 bits per heavy atom. The van der Waals surface area contributed by atoms with Crippen LogP contribution in [0.15, 0.2) is 35.7 Å². The molecule has 0 bridgehead atoms. The second-order valence-corrected chi connectivity index (χ2v) is 5.65. The number of carbonyl (C=O) groups is 1. The molecule has 0 unspecified atom stereocenters. The lowest BCUT2D eigenvalue weighted by atomic mass is 10.2. The van der Waals surface area contributed by atoms with Crippen molar-refractivity contribution < 1.29 is 22.7 Å². The summed E-state index contributed by atoms with van der Waals surface area (Å²) in [6, 6.07) is 4.27. The van der Waals surface area contributed by atoms with E-state index >= 15 is 0 Å². The van der Waals surface area contributed by atoms with Crippen LogP contribution in [0.25, 0.3) is 0 Å². The summed E-state index contributed by atoms with van der Waals surface area (Å²) in [5, 5.41) is 10.8. The van der Waals surface area contributed by atoms with E-state index in [9.17, 15) is 18.0 Å². The van der Waals surface area contributed by atoms with E-state index in [1.165, 1.54) is 30.2 Å². The lowest BCUT2D eigenvalue weighted by molar-refractivity contribution is -0.137. The van der Waals surface area contributed by atoms with E-state index in [0.29, 0.717) is 24.0 Å². The zero-order valence-electron chi connectivity index (χ0n) is 12.7. The van der Waals surface area contributed by atoms with Crippen LogP contribution in [0.2, 0.25) is 0 Å². The number of nitrogens with one attached hydrogen (secondary N) is 1. The van der Waals surface area contributed by atoms with Gasteiger partial charge in [0.1, 0.15) is 6.33 Å². The first-order valence-corrected chi connectivity index (χ1v) is 7.85. The van der Waals surface area contributed by atoms with Crippen molar-refractivity contribution >= 4 is 23.4 Å². The molecule has 130 valence electrons. The van der Waals surface area contributed by atoms with Gasteiger partial charge in [-0.3, -0.25) is 4.79 Å². The predicted molar refractivity (Wildman–Crippen MR) is 82.7 cm³/mol. The van der Waals surface area contributed by atoms with Gasteiger partial charge in [0, 0.05) is 19.3 Å². The Kier molecular flexibility index (Phi) is 6.21. The summed E-state index contributed by atoms with van der Waals surface area (Å²) in [5.74, 6) is -0.284. The molecule has 0 radical (unpaired) electrons. The van der Waals surface area contributed by atoms with Gasteiger partial charge in [0.15, 0.2) is 5.16 Å². The van der Waals surface area contributed by atoms with E-state index in [-0.39, 0.29) is 11.7 Å². The summed E-state index contributed by atoms with van der Waals surface area (Å²) < 4.78 is 44.1. The maximum absolute atomic E-state index is 12.5. The molecule has 1 heterocycles. The third kappa shape index (κ3) is 5.24. The van der Waals surface area contributed by atoms with Gasteiger partial charge in [-0.2, -0.15) is 13.2 Å². The number of rotatable bonds is 7. The number of hydrogen-bond donors (Lipinski definition) is 1. The number of benzene rings is 1. The highest BCUT2D eigenvalue weighted by Gasteiger charge is 2.29. The minimum absolute atomic E-state index is 0.0622. The quantitative estimate of drug-likeness (QED) is 0.769. The number of anilines is 1. The molecule has 0 fully saturated rings. The number of hydrogen-bond acceptors (Lipinski definition) is 5. The third-order valence-corrected chi connectivity index (χ3v) is 3.93. The standard InChI is InChI=1S/C14H15F3N4O2S/c1-23-7-6-21-9-18-20-13(21)24-8-12(22)19-11-4-2-10(3-5-11)14(15,16)17/h2-5,9H,6-8H2,1H3,(H,19,22). The van der Waals surface area contributed by atoms with Crippen LogP contribution in [-0.4, -0.2) is 40.1 Å². The Hall–Kier alpha value is -2.07. The first-order valence-electron chi connectivity index (χ1n) is 6.87. The summed E-state index contributed by atoms with van der Waals surface area (Å²) in [6.45, 7) is 1.05. The Labute approximate surface area is 140 Å². The number of carbonyl (C=O) groups excluding carboxylic acids is 1. The van der Waals surface area contributed by atoms with E-state index in [0.717, 1.165) is 12.1 Å². The van der Waals surface area contributed by atoms with Gasteiger partial charge in [0.25, 0.3) is 0 Å². The maximum atomic E-state index is 12.5. The van der Waals surface area contributed by atoms with Crippen LogP contribution < -0.4 is 5.32 Å². The fourth-order valence-corrected chi connectivity index (χ4v) is 2.51. The van der Waals surface area contributed by atoms with Crippen molar-refractivity contribution in [1.29, 1.82) is 0 Å². The van der Waals surface area contributed by atoms with E-state index in [2.05, 4.69) is 15.5 Å². The molecule has 2 rings (SSSR count). The van der Waals surface area contributed by atoms with Crippen molar-refractivity contribution in [1.82, 2.24) is 14.8 Å². The molecule has 0 saturated carbocycles. The monoisotopic (exact) mass is 360 g/mol. The molecule has 0 aliphatic rings. The van der Waals surface area contributed by atoms with Gasteiger partial charge >= 0.3 is 6.18 Å². The second-order valence-electron chi connectivity index (χ2n) is 4.71. The van der Waals surface area contributed by atoms with Crippen LogP contribution in [0.3, 0.4) is 0 Å². The number of methoxy groups -OCH3 is 1. The number of thioether (sulfide) groups is 1.